The summed E-state index contributed by atoms with van der Waals surface area (Å²) in [5.74, 6) is 0. The molecule has 4 aromatic carbocycles. The van der Waals surface area contributed by atoms with Crippen LogP contribution in [0, 0.1) is 0 Å². The van der Waals surface area contributed by atoms with Crippen LogP contribution in [0.25, 0.3) is 55.0 Å². The van der Waals surface area contributed by atoms with Gasteiger partial charge in [-0.25, -0.2) is 0 Å². The average Bonchev–Trinajstić information content (AvgIpc) is 3.37. The van der Waals surface area contributed by atoms with E-state index in [9.17, 15) is 0 Å². The minimum Gasteiger partial charge on any atom is -0.314 e. The van der Waals surface area contributed by atoms with Gasteiger partial charge in [-0.2, -0.15) is 0 Å². The quantitative estimate of drug-likeness (QED) is 0.275. The Labute approximate surface area is 185 Å². The smallest absolute Gasteiger partial charge is 0.0809 e. The Kier molecular flexibility index (Phi) is 3.58. The molecule has 0 amide bonds. The van der Waals surface area contributed by atoms with Crippen molar-refractivity contribution in [3.63, 3.8) is 0 Å². The number of fused-ring (bicyclic) bond motifs is 6. The molecule has 2 nitrogen and oxygen atoms in total. The third kappa shape index (κ3) is 2.35. The molecule has 0 radical (unpaired) electrons. The number of para-hydroxylation sites is 2. The van der Waals surface area contributed by atoms with Crippen molar-refractivity contribution in [1.29, 1.82) is 0 Å². The van der Waals surface area contributed by atoms with Crippen molar-refractivity contribution >= 4 is 38.2 Å². The molecule has 0 N–H and O–H groups in total. The van der Waals surface area contributed by atoms with Gasteiger partial charge >= 0.3 is 0 Å². The maximum atomic E-state index is 2.42. The van der Waals surface area contributed by atoms with Crippen LogP contribution in [0.4, 0.5) is 0 Å². The third-order valence-corrected chi connectivity index (χ3v) is 6.49. The second-order valence-electron chi connectivity index (χ2n) is 8.28. The predicted molar refractivity (Wildman–Crippen MR) is 135 cm³/mol. The molecule has 2 heteroatoms. The summed E-state index contributed by atoms with van der Waals surface area (Å²) in [6.07, 6.45) is 2.18. The molecule has 32 heavy (non-hydrogen) atoms. The summed E-state index contributed by atoms with van der Waals surface area (Å²) in [6.45, 7) is 0. The summed E-state index contributed by atoms with van der Waals surface area (Å²) in [5, 5.41) is 3.79. The van der Waals surface area contributed by atoms with E-state index in [0.29, 0.717) is 0 Å². The summed E-state index contributed by atoms with van der Waals surface area (Å²) < 4.78 is 4.77. The van der Waals surface area contributed by atoms with Gasteiger partial charge in [-0.3, -0.25) is 0 Å². The van der Waals surface area contributed by atoms with Crippen molar-refractivity contribution in [2.45, 2.75) is 0 Å². The Hall–Kier alpha value is -4.30. The monoisotopic (exact) mass is 408 g/mol. The molecule has 7 rings (SSSR count). The molecule has 0 aliphatic rings. The second kappa shape index (κ2) is 6.60. The number of nitrogens with zero attached hydrogens (tertiary/aromatic N) is 2. The van der Waals surface area contributed by atoms with Crippen LogP contribution in [0.2, 0.25) is 0 Å². The van der Waals surface area contributed by atoms with Crippen LogP contribution in [0.1, 0.15) is 0 Å². The van der Waals surface area contributed by atoms with E-state index in [1.807, 2.05) is 0 Å². The summed E-state index contributed by atoms with van der Waals surface area (Å²) in [6, 6.07) is 41.3. The third-order valence-electron chi connectivity index (χ3n) is 6.49. The van der Waals surface area contributed by atoms with Crippen molar-refractivity contribution in [1.82, 2.24) is 8.97 Å². The van der Waals surface area contributed by atoms with E-state index < -0.39 is 0 Å². The van der Waals surface area contributed by atoms with Crippen molar-refractivity contribution < 1.29 is 0 Å². The number of pyridine rings is 1. The predicted octanol–water partition coefficient (Wildman–Crippen LogP) is 7.86. The molecule has 0 aliphatic heterocycles. The molecular formula is C30H20N2. The lowest BCUT2D eigenvalue weighted by molar-refractivity contribution is 1.18. The van der Waals surface area contributed by atoms with Gasteiger partial charge in [0.05, 0.1) is 22.1 Å². The topological polar surface area (TPSA) is 9.34 Å². The highest BCUT2D eigenvalue weighted by Gasteiger charge is 2.22. The lowest BCUT2D eigenvalue weighted by Gasteiger charge is -2.10. The first-order valence-electron chi connectivity index (χ1n) is 11.0. The number of benzene rings is 4. The maximum Gasteiger partial charge on any atom is 0.0809 e. The van der Waals surface area contributed by atoms with Crippen molar-refractivity contribution in [3.8, 4) is 16.8 Å². The zero-order chi connectivity index (χ0) is 21.1. The van der Waals surface area contributed by atoms with Gasteiger partial charge in [0, 0.05) is 22.8 Å². The van der Waals surface area contributed by atoms with Gasteiger partial charge in [0.25, 0.3) is 0 Å². The molecular weight excluding hydrogens is 388 g/mol. The summed E-state index contributed by atoms with van der Waals surface area (Å²) in [7, 11) is 0. The zero-order valence-corrected chi connectivity index (χ0v) is 17.4. The summed E-state index contributed by atoms with van der Waals surface area (Å²) in [4.78, 5) is 0. The minimum absolute atomic E-state index is 1.18. The Bertz CT molecular complexity index is 1770. The number of hydrogen-bond donors (Lipinski definition) is 0. The molecule has 0 bridgehead atoms. The molecule has 3 aromatic heterocycles. The van der Waals surface area contributed by atoms with Crippen LogP contribution in [-0.2, 0) is 0 Å². The fraction of sp³-hybridized carbons (Fsp3) is 0. The van der Waals surface area contributed by atoms with Gasteiger partial charge < -0.3 is 8.97 Å². The fourth-order valence-corrected chi connectivity index (χ4v) is 5.13. The summed E-state index contributed by atoms with van der Waals surface area (Å²) in [5.41, 5.74) is 8.64. The number of hydrogen-bond acceptors (Lipinski definition) is 0. The zero-order valence-electron chi connectivity index (χ0n) is 17.4. The van der Waals surface area contributed by atoms with Crippen molar-refractivity contribution in [2.24, 2.45) is 0 Å². The lowest BCUT2D eigenvalue weighted by atomic mass is 10.0. The van der Waals surface area contributed by atoms with Crippen LogP contribution in [0.5, 0.6) is 0 Å². The largest absolute Gasteiger partial charge is 0.314 e. The van der Waals surface area contributed by atoms with E-state index in [0.717, 1.165) is 0 Å². The van der Waals surface area contributed by atoms with E-state index in [-0.39, 0.29) is 0 Å². The molecule has 0 aliphatic carbocycles. The molecule has 0 unspecified atom stereocenters. The van der Waals surface area contributed by atoms with Crippen molar-refractivity contribution in [2.75, 3.05) is 0 Å². The minimum atomic E-state index is 1.18. The first kappa shape index (κ1) is 17.4. The molecule has 0 saturated heterocycles. The van der Waals surface area contributed by atoms with Gasteiger partial charge in [-0.15, -0.1) is 0 Å². The highest BCUT2D eigenvalue weighted by Crippen LogP contribution is 2.42. The van der Waals surface area contributed by atoms with Crippen LogP contribution < -0.4 is 0 Å². The number of aromatic nitrogens is 2. The number of rotatable bonds is 2. The van der Waals surface area contributed by atoms with Gasteiger partial charge in [0.15, 0.2) is 0 Å². The van der Waals surface area contributed by atoms with E-state index in [1.165, 1.54) is 55.0 Å². The average molecular weight is 409 g/mol. The van der Waals surface area contributed by atoms with Crippen LogP contribution in [-0.4, -0.2) is 8.97 Å². The maximum absolute atomic E-state index is 2.42. The second-order valence-corrected chi connectivity index (χ2v) is 8.28. The molecule has 0 atom stereocenters. The molecule has 150 valence electrons. The van der Waals surface area contributed by atoms with Crippen molar-refractivity contribution in [3.05, 3.63) is 121 Å². The van der Waals surface area contributed by atoms with Crippen LogP contribution >= 0.6 is 0 Å². The van der Waals surface area contributed by atoms with Gasteiger partial charge in [-0.05, 0) is 52.7 Å². The Morgan fingerprint density at radius 2 is 1.22 bits per heavy atom. The SMILES string of the molecule is c1ccc(-n2c3ccccc3c3c2c(-c2ccc4ccccc4c2)c2ccccn23)cc1. The van der Waals surface area contributed by atoms with E-state index in [4.69, 9.17) is 0 Å². The fourth-order valence-electron chi connectivity index (χ4n) is 5.13. The molecule has 0 fully saturated rings. The normalized spacial score (nSPS) is 11.8. The Morgan fingerprint density at radius 1 is 0.500 bits per heavy atom. The van der Waals surface area contributed by atoms with Gasteiger partial charge in [0.2, 0.25) is 0 Å². The Balaban J connectivity index is 1.72. The van der Waals surface area contributed by atoms with Gasteiger partial charge in [-0.1, -0.05) is 78.9 Å². The van der Waals surface area contributed by atoms with E-state index >= 15 is 0 Å². The molecule has 0 spiro atoms. The summed E-state index contributed by atoms with van der Waals surface area (Å²) >= 11 is 0. The van der Waals surface area contributed by atoms with Crippen LogP contribution in [0.3, 0.4) is 0 Å². The highest BCUT2D eigenvalue weighted by molar-refractivity contribution is 6.17. The first-order valence-corrected chi connectivity index (χ1v) is 11.0. The highest BCUT2D eigenvalue weighted by atomic mass is 15.0. The standard InChI is InChI=1S/C30H20N2/c1-2-12-24(13-3-1)32-26-15-7-6-14-25(26)29-30(32)28(27-16-8-9-19-31(27)29)23-18-17-21-10-4-5-11-22(21)20-23/h1-20H. The lowest BCUT2D eigenvalue weighted by Crippen LogP contribution is -1.94. The Morgan fingerprint density at radius 3 is 2.12 bits per heavy atom. The van der Waals surface area contributed by atoms with Gasteiger partial charge in [0.1, 0.15) is 0 Å². The van der Waals surface area contributed by atoms with E-state index in [2.05, 4.69) is 130 Å². The molecule has 0 saturated carbocycles. The molecule has 7 aromatic rings. The van der Waals surface area contributed by atoms with E-state index in [1.54, 1.807) is 0 Å². The molecule has 3 heterocycles. The first-order chi connectivity index (χ1) is 15.9. The van der Waals surface area contributed by atoms with Crippen LogP contribution in [0.15, 0.2) is 121 Å².